The third-order valence-electron chi connectivity index (χ3n) is 3.46. The van der Waals surface area contributed by atoms with Crippen molar-refractivity contribution in [3.05, 3.63) is 18.2 Å². The molecule has 4 heteroatoms. The van der Waals surface area contributed by atoms with Crippen LogP contribution in [0, 0.1) is 0 Å². The summed E-state index contributed by atoms with van der Waals surface area (Å²) in [5, 5.41) is 3.51. The molecular weight excluding hydrogens is 224 g/mol. The molecule has 18 heavy (non-hydrogen) atoms. The highest BCUT2D eigenvalue weighted by molar-refractivity contribution is 4.99. The molecule has 0 spiro atoms. The van der Waals surface area contributed by atoms with E-state index in [0.717, 1.165) is 25.7 Å². The maximum atomic E-state index is 4.27. The van der Waals surface area contributed by atoms with Gasteiger partial charge in [-0.15, -0.1) is 0 Å². The molecule has 102 valence electrons. The van der Waals surface area contributed by atoms with E-state index >= 15 is 0 Å². The summed E-state index contributed by atoms with van der Waals surface area (Å²) in [6.45, 7) is 9.60. The third kappa shape index (κ3) is 4.10. The predicted octanol–water partition coefficient (Wildman–Crippen LogP) is 1.87. The van der Waals surface area contributed by atoms with Crippen LogP contribution in [0.25, 0.3) is 0 Å². The lowest BCUT2D eigenvalue weighted by atomic mass is 10.1. The molecular formula is C14H26N4. The van der Waals surface area contributed by atoms with Gasteiger partial charge in [-0.25, -0.2) is 4.98 Å². The van der Waals surface area contributed by atoms with E-state index in [9.17, 15) is 0 Å². The molecule has 0 aromatic carbocycles. The Hall–Kier alpha value is -0.870. The van der Waals surface area contributed by atoms with E-state index in [1.54, 1.807) is 0 Å². The number of imidazole rings is 1. The van der Waals surface area contributed by atoms with E-state index in [-0.39, 0.29) is 5.54 Å². The minimum absolute atomic E-state index is 0.153. The van der Waals surface area contributed by atoms with Gasteiger partial charge in [-0.3, -0.25) is 0 Å². The van der Waals surface area contributed by atoms with Crippen molar-refractivity contribution in [2.24, 2.45) is 0 Å². The maximum absolute atomic E-state index is 4.27. The Labute approximate surface area is 110 Å². The number of hydrogen-bond donors (Lipinski definition) is 1. The first-order chi connectivity index (χ1) is 8.46. The standard InChI is InChI=1S/C14H26N4/c1-14(2,3)16-10-13-9-15-11-18(13)8-7-17(4)12-5-6-12/h9,11-12,16H,5-8,10H2,1-4H3. The van der Waals surface area contributed by atoms with Crippen molar-refractivity contribution in [1.82, 2.24) is 19.8 Å². The van der Waals surface area contributed by atoms with Gasteiger partial charge < -0.3 is 14.8 Å². The van der Waals surface area contributed by atoms with E-state index in [1.807, 2.05) is 12.5 Å². The van der Waals surface area contributed by atoms with Crippen molar-refractivity contribution >= 4 is 0 Å². The van der Waals surface area contributed by atoms with Crippen LogP contribution in [0.1, 0.15) is 39.3 Å². The Morgan fingerprint density at radius 1 is 1.44 bits per heavy atom. The van der Waals surface area contributed by atoms with Crippen LogP contribution in [0.5, 0.6) is 0 Å². The molecule has 0 atom stereocenters. The second kappa shape index (κ2) is 5.41. The molecule has 2 rings (SSSR count). The number of nitrogens with zero attached hydrogens (tertiary/aromatic N) is 3. The van der Waals surface area contributed by atoms with Crippen molar-refractivity contribution in [2.75, 3.05) is 13.6 Å². The Kier molecular flexibility index (Phi) is 4.07. The molecule has 1 saturated carbocycles. The van der Waals surface area contributed by atoms with Crippen LogP contribution < -0.4 is 5.32 Å². The number of hydrogen-bond acceptors (Lipinski definition) is 3. The zero-order valence-corrected chi connectivity index (χ0v) is 12.1. The first kappa shape index (κ1) is 13.6. The maximum Gasteiger partial charge on any atom is 0.0949 e. The molecule has 1 N–H and O–H groups in total. The van der Waals surface area contributed by atoms with Gasteiger partial charge in [0.15, 0.2) is 0 Å². The monoisotopic (exact) mass is 250 g/mol. The predicted molar refractivity (Wildman–Crippen MR) is 74.5 cm³/mol. The third-order valence-corrected chi connectivity index (χ3v) is 3.46. The van der Waals surface area contributed by atoms with Gasteiger partial charge in [0, 0.05) is 37.4 Å². The van der Waals surface area contributed by atoms with Gasteiger partial charge >= 0.3 is 0 Å². The molecule has 0 radical (unpaired) electrons. The van der Waals surface area contributed by atoms with Crippen LogP contribution in [0.4, 0.5) is 0 Å². The first-order valence-electron chi connectivity index (χ1n) is 6.90. The molecule has 1 aliphatic carbocycles. The summed E-state index contributed by atoms with van der Waals surface area (Å²) in [5.74, 6) is 0. The topological polar surface area (TPSA) is 33.1 Å². The number of likely N-dealkylation sites (N-methyl/N-ethyl adjacent to an activating group) is 1. The lowest BCUT2D eigenvalue weighted by molar-refractivity contribution is 0.306. The van der Waals surface area contributed by atoms with Gasteiger partial charge in [0.25, 0.3) is 0 Å². The molecule has 0 aliphatic heterocycles. The average molecular weight is 250 g/mol. The lowest BCUT2D eigenvalue weighted by Gasteiger charge is -2.21. The van der Waals surface area contributed by atoms with E-state index in [1.165, 1.54) is 18.5 Å². The second-order valence-corrected chi connectivity index (χ2v) is 6.39. The van der Waals surface area contributed by atoms with Crippen LogP contribution in [0.15, 0.2) is 12.5 Å². The van der Waals surface area contributed by atoms with Crippen LogP contribution in [-0.2, 0) is 13.1 Å². The second-order valence-electron chi connectivity index (χ2n) is 6.39. The highest BCUT2D eigenvalue weighted by Gasteiger charge is 2.25. The van der Waals surface area contributed by atoms with Crippen molar-refractivity contribution in [2.45, 2.75) is 58.3 Å². The molecule has 0 saturated heterocycles. The average Bonchev–Trinajstić information content (AvgIpc) is 3.03. The summed E-state index contributed by atoms with van der Waals surface area (Å²) in [5.41, 5.74) is 1.43. The SMILES string of the molecule is CN(CCn1cncc1CNC(C)(C)C)C1CC1. The highest BCUT2D eigenvalue weighted by Crippen LogP contribution is 2.24. The van der Waals surface area contributed by atoms with Gasteiger partial charge in [0.2, 0.25) is 0 Å². The molecule has 1 aromatic rings. The van der Waals surface area contributed by atoms with Gasteiger partial charge in [0.05, 0.1) is 12.0 Å². The molecule has 1 fully saturated rings. The highest BCUT2D eigenvalue weighted by atomic mass is 15.2. The zero-order valence-electron chi connectivity index (χ0n) is 12.1. The van der Waals surface area contributed by atoms with E-state index in [2.05, 4.69) is 47.6 Å². The molecule has 0 bridgehead atoms. The van der Waals surface area contributed by atoms with Gasteiger partial charge in [-0.2, -0.15) is 0 Å². The van der Waals surface area contributed by atoms with E-state index < -0.39 is 0 Å². The van der Waals surface area contributed by atoms with E-state index in [0.29, 0.717) is 0 Å². The first-order valence-corrected chi connectivity index (χ1v) is 6.90. The van der Waals surface area contributed by atoms with Crippen molar-refractivity contribution in [3.8, 4) is 0 Å². The Balaban J connectivity index is 1.82. The summed E-state index contributed by atoms with van der Waals surface area (Å²) in [6, 6.07) is 0.838. The lowest BCUT2D eigenvalue weighted by Crippen LogP contribution is -2.36. The minimum atomic E-state index is 0.153. The summed E-state index contributed by atoms with van der Waals surface area (Å²) in [4.78, 5) is 6.72. The van der Waals surface area contributed by atoms with Crippen LogP contribution in [0.2, 0.25) is 0 Å². The Bertz CT molecular complexity index is 373. The molecule has 1 aromatic heterocycles. The fraction of sp³-hybridized carbons (Fsp3) is 0.786. The fourth-order valence-electron chi connectivity index (χ4n) is 2.02. The number of rotatable bonds is 6. The smallest absolute Gasteiger partial charge is 0.0949 e. The summed E-state index contributed by atoms with van der Waals surface area (Å²) in [7, 11) is 2.22. The van der Waals surface area contributed by atoms with Crippen molar-refractivity contribution < 1.29 is 0 Å². The Morgan fingerprint density at radius 3 is 2.78 bits per heavy atom. The molecule has 0 unspecified atom stereocenters. The van der Waals surface area contributed by atoms with Crippen LogP contribution in [0.3, 0.4) is 0 Å². The van der Waals surface area contributed by atoms with Crippen LogP contribution >= 0.6 is 0 Å². The number of aromatic nitrogens is 2. The van der Waals surface area contributed by atoms with E-state index in [4.69, 9.17) is 0 Å². The molecule has 0 amide bonds. The summed E-state index contributed by atoms with van der Waals surface area (Å²) < 4.78 is 2.26. The quantitative estimate of drug-likeness (QED) is 0.836. The van der Waals surface area contributed by atoms with Gasteiger partial charge in [0.1, 0.15) is 0 Å². The van der Waals surface area contributed by atoms with Gasteiger partial charge in [-0.1, -0.05) is 0 Å². The summed E-state index contributed by atoms with van der Waals surface area (Å²) >= 11 is 0. The molecule has 4 nitrogen and oxygen atoms in total. The zero-order chi connectivity index (χ0) is 13.2. The summed E-state index contributed by atoms with van der Waals surface area (Å²) in [6.07, 6.45) is 6.66. The number of nitrogens with one attached hydrogen (secondary N) is 1. The normalized spacial score (nSPS) is 16.5. The molecule has 1 heterocycles. The largest absolute Gasteiger partial charge is 0.332 e. The minimum Gasteiger partial charge on any atom is -0.332 e. The Morgan fingerprint density at radius 2 is 2.17 bits per heavy atom. The van der Waals surface area contributed by atoms with Crippen molar-refractivity contribution in [3.63, 3.8) is 0 Å². The van der Waals surface area contributed by atoms with Gasteiger partial charge in [-0.05, 0) is 40.7 Å². The molecule has 1 aliphatic rings. The fourth-order valence-corrected chi connectivity index (χ4v) is 2.02. The van der Waals surface area contributed by atoms with Crippen molar-refractivity contribution in [1.29, 1.82) is 0 Å². The van der Waals surface area contributed by atoms with Crippen LogP contribution in [-0.4, -0.2) is 39.6 Å².